The summed E-state index contributed by atoms with van der Waals surface area (Å²) < 4.78 is 5.88. The normalized spacial score (nSPS) is 10.9. The fourth-order valence-electron chi connectivity index (χ4n) is 2.41. The van der Waals surface area contributed by atoms with Crippen LogP contribution in [0, 0.1) is 19.8 Å². The Morgan fingerprint density at radius 2 is 1.91 bits per heavy atom. The molecule has 0 saturated heterocycles. The second-order valence-electron chi connectivity index (χ2n) is 6.13. The fraction of sp³-hybridized carbons (Fsp3) is 0.316. The molecule has 0 amide bonds. The number of carbonyl (C=O) groups is 1. The molecule has 0 heterocycles. The molecule has 0 aliphatic heterocycles. The number of hydrogen-bond donors (Lipinski definition) is 1. The van der Waals surface area contributed by atoms with E-state index in [9.17, 15) is 4.79 Å². The summed E-state index contributed by atoms with van der Waals surface area (Å²) in [5.74, 6) is 0.753. The van der Waals surface area contributed by atoms with Crippen molar-refractivity contribution in [2.24, 2.45) is 5.92 Å². The maximum Gasteiger partial charge on any atom is 0.199 e. The number of halogens is 1. The van der Waals surface area contributed by atoms with Crippen LogP contribution in [-0.2, 0) is 0 Å². The van der Waals surface area contributed by atoms with Crippen LogP contribution < -0.4 is 10.5 Å². The molecule has 0 aromatic heterocycles. The molecule has 23 heavy (non-hydrogen) atoms. The van der Waals surface area contributed by atoms with Crippen molar-refractivity contribution in [3.63, 3.8) is 0 Å². The van der Waals surface area contributed by atoms with Gasteiger partial charge in [0.2, 0.25) is 0 Å². The van der Waals surface area contributed by atoms with Gasteiger partial charge in [0, 0.05) is 16.3 Å². The van der Waals surface area contributed by atoms with E-state index in [-0.39, 0.29) is 5.78 Å². The molecule has 0 spiro atoms. The van der Waals surface area contributed by atoms with Crippen LogP contribution in [-0.4, -0.2) is 12.4 Å². The van der Waals surface area contributed by atoms with Crippen LogP contribution in [0.15, 0.2) is 30.3 Å². The lowest BCUT2D eigenvalue weighted by atomic mass is 9.95. The van der Waals surface area contributed by atoms with Crippen LogP contribution in [0.5, 0.6) is 5.75 Å². The predicted molar refractivity (Wildman–Crippen MR) is 95.5 cm³/mol. The van der Waals surface area contributed by atoms with Gasteiger partial charge in [0.1, 0.15) is 5.75 Å². The summed E-state index contributed by atoms with van der Waals surface area (Å²) in [6.07, 6.45) is 0. The molecule has 4 heteroatoms. The lowest BCUT2D eigenvalue weighted by Gasteiger charge is -2.17. The van der Waals surface area contributed by atoms with Crippen LogP contribution >= 0.6 is 11.6 Å². The van der Waals surface area contributed by atoms with Gasteiger partial charge in [-0.15, -0.1) is 0 Å². The van der Waals surface area contributed by atoms with E-state index in [2.05, 4.69) is 13.8 Å². The summed E-state index contributed by atoms with van der Waals surface area (Å²) in [4.78, 5) is 13.0. The topological polar surface area (TPSA) is 52.3 Å². The molecule has 0 aliphatic carbocycles. The van der Waals surface area contributed by atoms with Gasteiger partial charge in [-0.1, -0.05) is 37.6 Å². The van der Waals surface area contributed by atoms with Crippen molar-refractivity contribution in [3.05, 3.63) is 57.6 Å². The molecule has 0 fully saturated rings. The van der Waals surface area contributed by atoms with Gasteiger partial charge in [-0.25, -0.2) is 0 Å². The van der Waals surface area contributed by atoms with E-state index in [1.807, 2.05) is 19.9 Å². The SMILES string of the molecule is Cc1cc(OCC(C)C)c(C(=O)c2ccccc2N)c(C)c1Cl. The van der Waals surface area contributed by atoms with E-state index in [0.717, 1.165) is 11.1 Å². The standard InChI is InChI=1S/C19H22ClNO2/c1-11(2)10-23-16-9-12(3)18(20)13(4)17(16)19(22)14-7-5-6-8-15(14)21/h5-9,11H,10,21H2,1-4H3. The van der Waals surface area contributed by atoms with Crippen molar-refractivity contribution in [2.75, 3.05) is 12.3 Å². The molecule has 2 aromatic carbocycles. The molecule has 0 aliphatic rings. The number of hydrogen-bond acceptors (Lipinski definition) is 3. The summed E-state index contributed by atoms with van der Waals surface area (Å²) in [7, 11) is 0. The summed E-state index contributed by atoms with van der Waals surface area (Å²) in [6.45, 7) is 8.40. The Hall–Kier alpha value is -2.00. The van der Waals surface area contributed by atoms with Gasteiger partial charge in [0.05, 0.1) is 12.2 Å². The van der Waals surface area contributed by atoms with Gasteiger partial charge in [0.25, 0.3) is 0 Å². The highest BCUT2D eigenvalue weighted by molar-refractivity contribution is 6.33. The average molecular weight is 332 g/mol. The summed E-state index contributed by atoms with van der Waals surface area (Å²) in [6, 6.07) is 8.86. The van der Waals surface area contributed by atoms with Gasteiger partial charge < -0.3 is 10.5 Å². The van der Waals surface area contributed by atoms with Crippen LogP contribution in [0.3, 0.4) is 0 Å². The van der Waals surface area contributed by atoms with Crippen molar-refractivity contribution in [2.45, 2.75) is 27.7 Å². The van der Waals surface area contributed by atoms with Crippen molar-refractivity contribution in [3.8, 4) is 5.75 Å². The fourth-order valence-corrected chi connectivity index (χ4v) is 2.56. The number of ether oxygens (including phenoxy) is 1. The van der Waals surface area contributed by atoms with E-state index >= 15 is 0 Å². The summed E-state index contributed by atoms with van der Waals surface area (Å²) in [5, 5.41) is 0.583. The first kappa shape index (κ1) is 17.4. The third-order valence-electron chi connectivity index (χ3n) is 3.65. The molecule has 2 rings (SSSR count). The smallest absolute Gasteiger partial charge is 0.199 e. The van der Waals surface area contributed by atoms with Gasteiger partial charge >= 0.3 is 0 Å². The molecule has 0 atom stereocenters. The molecule has 2 N–H and O–H groups in total. The zero-order valence-corrected chi connectivity index (χ0v) is 14.7. The molecule has 0 saturated carbocycles. The van der Waals surface area contributed by atoms with Crippen molar-refractivity contribution >= 4 is 23.1 Å². The largest absolute Gasteiger partial charge is 0.493 e. The van der Waals surface area contributed by atoms with E-state index in [0.29, 0.717) is 40.1 Å². The Kier molecular flexibility index (Phi) is 5.32. The maximum atomic E-state index is 13.0. The second kappa shape index (κ2) is 7.05. The van der Waals surface area contributed by atoms with Crippen molar-refractivity contribution in [1.29, 1.82) is 0 Å². The molecule has 0 bridgehead atoms. The van der Waals surface area contributed by atoms with E-state index < -0.39 is 0 Å². The number of nitrogen functional groups attached to an aromatic ring is 1. The van der Waals surface area contributed by atoms with Gasteiger partial charge in [0.15, 0.2) is 5.78 Å². The van der Waals surface area contributed by atoms with Crippen LogP contribution in [0.25, 0.3) is 0 Å². The Morgan fingerprint density at radius 1 is 1.26 bits per heavy atom. The molecule has 0 unspecified atom stereocenters. The number of para-hydroxylation sites is 1. The quantitative estimate of drug-likeness (QED) is 0.632. The molecule has 2 aromatic rings. The average Bonchev–Trinajstić information content (AvgIpc) is 2.50. The monoisotopic (exact) mass is 331 g/mol. The number of ketones is 1. The van der Waals surface area contributed by atoms with E-state index in [1.165, 1.54) is 0 Å². The molecular formula is C19H22ClNO2. The first-order valence-corrected chi connectivity index (χ1v) is 8.02. The van der Waals surface area contributed by atoms with Gasteiger partial charge in [-0.05, 0) is 49.1 Å². The number of anilines is 1. The number of nitrogens with two attached hydrogens (primary N) is 1. The van der Waals surface area contributed by atoms with E-state index in [1.54, 1.807) is 24.3 Å². The lowest BCUT2D eigenvalue weighted by Crippen LogP contribution is -2.13. The van der Waals surface area contributed by atoms with Crippen LogP contribution in [0.1, 0.15) is 40.9 Å². The van der Waals surface area contributed by atoms with Gasteiger partial charge in [-0.2, -0.15) is 0 Å². The maximum absolute atomic E-state index is 13.0. The molecule has 0 radical (unpaired) electrons. The molecule has 122 valence electrons. The highest BCUT2D eigenvalue weighted by atomic mass is 35.5. The van der Waals surface area contributed by atoms with Crippen LogP contribution in [0.4, 0.5) is 5.69 Å². The Bertz CT molecular complexity index is 738. The van der Waals surface area contributed by atoms with Crippen molar-refractivity contribution < 1.29 is 9.53 Å². The summed E-state index contributed by atoms with van der Waals surface area (Å²) >= 11 is 6.35. The second-order valence-corrected chi connectivity index (χ2v) is 6.50. The third-order valence-corrected chi connectivity index (χ3v) is 4.23. The van der Waals surface area contributed by atoms with Crippen LogP contribution in [0.2, 0.25) is 5.02 Å². The zero-order valence-electron chi connectivity index (χ0n) is 13.9. The highest BCUT2D eigenvalue weighted by Crippen LogP contribution is 2.34. The Balaban J connectivity index is 2.57. The van der Waals surface area contributed by atoms with Gasteiger partial charge in [-0.3, -0.25) is 4.79 Å². The summed E-state index contributed by atoms with van der Waals surface area (Å²) in [5.41, 5.74) is 8.96. The highest BCUT2D eigenvalue weighted by Gasteiger charge is 2.22. The minimum atomic E-state index is -0.166. The Labute approximate surface area is 142 Å². The molecular weight excluding hydrogens is 310 g/mol. The van der Waals surface area contributed by atoms with E-state index in [4.69, 9.17) is 22.1 Å². The minimum Gasteiger partial charge on any atom is -0.493 e. The number of carbonyl (C=O) groups excluding carboxylic acids is 1. The predicted octanol–water partition coefficient (Wildman–Crippen LogP) is 4.80. The first-order valence-electron chi connectivity index (χ1n) is 7.64. The first-order chi connectivity index (χ1) is 10.8. The number of aryl methyl sites for hydroxylation is 1. The third kappa shape index (κ3) is 3.67. The Morgan fingerprint density at radius 3 is 2.52 bits per heavy atom. The molecule has 3 nitrogen and oxygen atoms in total. The zero-order chi connectivity index (χ0) is 17.1. The minimum absolute atomic E-state index is 0.166. The number of rotatable bonds is 5. The lowest BCUT2D eigenvalue weighted by molar-refractivity contribution is 0.103. The van der Waals surface area contributed by atoms with Crippen molar-refractivity contribution in [1.82, 2.24) is 0 Å². The number of benzene rings is 2.